The van der Waals surface area contributed by atoms with E-state index in [0.29, 0.717) is 17.7 Å². The lowest BCUT2D eigenvalue weighted by Gasteiger charge is -2.17. The Hall–Kier alpha value is -3.93. The van der Waals surface area contributed by atoms with Crippen molar-refractivity contribution in [3.63, 3.8) is 0 Å². The highest BCUT2D eigenvalue weighted by atomic mass is 16.5. The molecule has 2 heterocycles. The summed E-state index contributed by atoms with van der Waals surface area (Å²) in [6, 6.07) is 21.5. The van der Waals surface area contributed by atoms with E-state index in [0.717, 1.165) is 11.1 Å². The van der Waals surface area contributed by atoms with Crippen LogP contribution >= 0.6 is 0 Å². The first-order chi connectivity index (χ1) is 15.1. The van der Waals surface area contributed by atoms with Crippen LogP contribution < -0.4 is 5.32 Å². The van der Waals surface area contributed by atoms with Crippen molar-refractivity contribution >= 4 is 23.9 Å². The summed E-state index contributed by atoms with van der Waals surface area (Å²) >= 11 is 0. The molecular weight excluding hydrogens is 392 g/mol. The van der Waals surface area contributed by atoms with Crippen LogP contribution in [0.5, 0.6) is 0 Å². The molecule has 0 saturated heterocycles. The van der Waals surface area contributed by atoms with Crippen LogP contribution in [0.15, 0.2) is 78.4 Å². The molecule has 1 aromatic heterocycles. The van der Waals surface area contributed by atoms with Crippen LogP contribution in [0, 0.1) is 0 Å². The number of allylic oxidation sites excluding steroid dienone is 1. The molecule has 2 aromatic carbocycles. The van der Waals surface area contributed by atoms with Crippen LogP contribution in [-0.2, 0) is 22.4 Å². The Kier molecular flexibility index (Phi) is 5.80. The molecule has 1 aliphatic heterocycles. The van der Waals surface area contributed by atoms with Crippen LogP contribution in [-0.4, -0.2) is 35.5 Å². The number of hydrogen-bond acceptors (Lipinski definition) is 4. The number of fused-ring (bicyclic) bond motifs is 1. The zero-order chi connectivity index (χ0) is 21.8. The van der Waals surface area contributed by atoms with Gasteiger partial charge in [0.1, 0.15) is 11.7 Å². The molecule has 1 amide bonds. The molecule has 0 saturated carbocycles. The smallest absolute Gasteiger partial charge is 0.328 e. The minimum atomic E-state index is -0.862. The summed E-state index contributed by atoms with van der Waals surface area (Å²) in [5.74, 6) is -1.27. The standard InChI is InChI=1S/C25H22N2O4/c1-31-25(30)21(15-18-10-6-3-7-11-18)26-23(28)22-13-12-20-16-19(24(29)27(20)22)14-17-8-4-2-5-9-17/h2-13,16,21H,14-15H2,1H3,(H,26,28)/t21-/m0/s1. The van der Waals surface area contributed by atoms with E-state index in [2.05, 4.69) is 5.32 Å². The van der Waals surface area contributed by atoms with Crippen molar-refractivity contribution in [1.29, 1.82) is 0 Å². The molecule has 31 heavy (non-hydrogen) atoms. The Morgan fingerprint density at radius 2 is 1.58 bits per heavy atom. The van der Waals surface area contributed by atoms with Gasteiger partial charge in [0.05, 0.1) is 7.11 Å². The molecule has 3 aromatic rings. The molecule has 0 spiro atoms. The van der Waals surface area contributed by atoms with E-state index in [4.69, 9.17) is 4.74 Å². The number of ether oxygens (including phenoxy) is 1. The van der Waals surface area contributed by atoms with Gasteiger partial charge < -0.3 is 10.1 Å². The van der Waals surface area contributed by atoms with E-state index in [1.807, 2.05) is 60.7 Å². The van der Waals surface area contributed by atoms with Gasteiger partial charge in [0.2, 0.25) is 0 Å². The molecule has 0 aliphatic carbocycles. The number of rotatable bonds is 7. The Balaban J connectivity index is 1.51. The topological polar surface area (TPSA) is 77.4 Å². The second-order valence-electron chi connectivity index (χ2n) is 7.35. The molecule has 0 fully saturated rings. The quantitative estimate of drug-likeness (QED) is 0.602. The molecule has 0 radical (unpaired) electrons. The number of nitrogens with one attached hydrogen (secondary N) is 1. The highest BCUT2D eigenvalue weighted by Crippen LogP contribution is 2.25. The van der Waals surface area contributed by atoms with Gasteiger partial charge in [-0.05, 0) is 29.3 Å². The van der Waals surface area contributed by atoms with Crippen molar-refractivity contribution in [2.45, 2.75) is 18.9 Å². The van der Waals surface area contributed by atoms with Gasteiger partial charge >= 0.3 is 5.97 Å². The second-order valence-corrected chi connectivity index (χ2v) is 7.35. The second kappa shape index (κ2) is 8.83. The third-order valence-electron chi connectivity index (χ3n) is 5.25. The van der Waals surface area contributed by atoms with Crippen molar-refractivity contribution in [3.05, 3.63) is 101 Å². The van der Waals surface area contributed by atoms with E-state index >= 15 is 0 Å². The molecule has 1 N–H and O–H groups in total. The van der Waals surface area contributed by atoms with Crippen molar-refractivity contribution in [1.82, 2.24) is 9.88 Å². The molecule has 6 heteroatoms. The number of aromatic nitrogens is 1. The Morgan fingerprint density at radius 1 is 0.935 bits per heavy atom. The molecule has 6 nitrogen and oxygen atoms in total. The van der Waals surface area contributed by atoms with Crippen LogP contribution in [0.25, 0.3) is 6.08 Å². The largest absolute Gasteiger partial charge is 0.467 e. The third-order valence-corrected chi connectivity index (χ3v) is 5.25. The lowest BCUT2D eigenvalue weighted by molar-refractivity contribution is -0.142. The minimum absolute atomic E-state index is 0.196. The van der Waals surface area contributed by atoms with Crippen LogP contribution in [0.3, 0.4) is 0 Å². The fourth-order valence-corrected chi connectivity index (χ4v) is 3.71. The SMILES string of the molecule is COC(=O)[C@H](Cc1ccccc1)NC(=O)c1ccc2n1C(=O)C(Cc1ccccc1)=C2. The molecule has 0 bridgehead atoms. The molecular formula is C25H22N2O4. The maximum Gasteiger partial charge on any atom is 0.328 e. The highest BCUT2D eigenvalue weighted by Gasteiger charge is 2.29. The summed E-state index contributed by atoms with van der Waals surface area (Å²) in [6.45, 7) is 0. The van der Waals surface area contributed by atoms with E-state index < -0.39 is 17.9 Å². The number of hydrogen-bond donors (Lipinski definition) is 1. The summed E-state index contributed by atoms with van der Waals surface area (Å²) in [6.07, 6.45) is 2.58. The monoisotopic (exact) mass is 414 g/mol. The predicted octanol–water partition coefficient (Wildman–Crippen LogP) is 3.28. The molecule has 156 valence electrons. The van der Waals surface area contributed by atoms with Gasteiger partial charge in [-0.25, -0.2) is 4.79 Å². The zero-order valence-electron chi connectivity index (χ0n) is 17.1. The van der Waals surface area contributed by atoms with Gasteiger partial charge in [-0.2, -0.15) is 0 Å². The first kappa shape index (κ1) is 20.3. The average Bonchev–Trinajstić information content (AvgIpc) is 3.34. The molecule has 1 aliphatic rings. The van der Waals surface area contributed by atoms with Crippen molar-refractivity contribution in [3.8, 4) is 0 Å². The maximum absolute atomic E-state index is 13.0. The Bertz CT molecular complexity index is 1150. The Morgan fingerprint density at radius 3 is 2.23 bits per heavy atom. The average molecular weight is 414 g/mol. The lowest BCUT2D eigenvalue weighted by atomic mass is 10.0. The van der Waals surface area contributed by atoms with Crippen LogP contribution in [0.2, 0.25) is 0 Å². The first-order valence-corrected chi connectivity index (χ1v) is 10.0. The lowest BCUT2D eigenvalue weighted by Crippen LogP contribution is -2.43. The maximum atomic E-state index is 13.0. The Labute approximate surface area is 180 Å². The first-order valence-electron chi connectivity index (χ1n) is 10.0. The fourth-order valence-electron chi connectivity index (χ4n) is 3.71. The minimum Gasteiger partial charge on any atom is -0.467 e. The molecule has 4 rings (SSSR count). The van der Waals surface area contributed by atoms with E-state index in [1.54, 1.807) is 18.2 Å². The van der Waals surface area contributed by atoms with E-state index in [9.17, 15) is 14.4 Å². The zero-order valence-corrected chi connectivity index (χ0v) is 17.1. The van der Waals surface area contributed by atoms with Gasteiger partial charge in [0, 0.05) is 24.1 Å². The summed E-state index contributed by atoms with van der Waals surface area (Å²) in [5, 5.41) is 2.72. The number of esters is 1. The summed E-state index contributed by atoms with van der Waals surface area (Å²) in [5.41, 5.74) is 3.37. The predicted molar refractivity (Wildman–Crippen MR) is 117 cm³/mol. The highest BCUT2D eigenvalue weighted by molar-refractivity contribution is 6.10. The van der Waals surface area contributed by atoms with Gasteiger partial charge in [-0.3, -0.25) is 14.2 Å². The number of carbonyl (C=O) groups is 3. The fraction of sp³-hybridized carbons (Fsp3) is 0.160. The number of methoxy groups -OCH3 is 1. The van der Waals surface area contributed by atoms with E-state index in [-0.39, 0.29) is 18.0 Å². The summed E-state index contributed by atoms with van der Waals surface area (Å²) < 4.78 is 6.26. The summed E-state index contributed by atoms with van der Waals surface area (Å²) in [7, 11) is 1.28. The normalized spacial score (nSPS) is 13.3. The van der Waals surface area contributed by atoms with Crippen molar-refractivity contribution < 1.29 is 19.1 Å². The van der Waals surface area contributed by atoms with E-state index in [1.165, 1.54) is 11.7 Å². The molecule has 1 atom stereocenters. The van der Waals surface area contributed by atoms with Crippen molar-refractivity contribution in [2.75, 3.05) is 7.11 Å². The number of benzene rings is 2. The summed E-state index contributed by atoms with van der Waals surface area (Å²) in [4.78, 5) is 38.2. The number of carbonyl (C=O) groups excluding carboxylic acids is 3. The van der Waals surface area contributed by atoms with Gasteiger partial charge in [-0.15, -0.1) is 0 Å². The van der Waals surface area contributed by atoms with Crippen LogP contribution in [0.1, 0.15) is 32.1 Å². The third kappa shape index (κ3) is 4.33. The van der Waals surface area contributed by atoms with Gasteiger partial charge in [0.25, 0.3) is 11.8 Å². The van der Waals surface area contributed by atoms with Gasteiger partial charge in [-0.1, -0.05) is 60.7 Å². The van der Waals surface area contributed by atoms with Crippen molar-refractivity contribution in [2.24, 2.45) is 0 Å². The van der Waals surface area contributed by atoms with Crippen LogP contribution in [0.4, 0.5) is 0 Å². The molecule has 0 unspecified atom stereocenters. The van der Waals surface area contributed by atoms with Gasteiger partial charge in [0.15, 0.2) is 0 Å². The number of amides is 1. The number of nitrogens with zero attached hydrogens (tertiary/aromatic N) is 1.